The topological polar surface area (TPSA) is 145 Å². The second-order valence-corrected chi connectivity index (χ2v) is 4.43. The molecule has 4 N–H and O–H groups in total. The lowest BCUT2D eigenvalue weighted by molar-refractivity contribution is -0.384. The van der Waals surface area contributed by atoms with E-state index in [9.17, 15) is 25.1 Å². The summed E-state index contributed by atoms with van der Waals surface area (Å²) in [5, 5.41) is 30.9. The van der Waals surface area contributed by atoms with Crippen LogP contribution in [0.4, 0.5) is 11.4 Å². The van der Waals surface area contributed by atoms with Gasteiger partial charge in [0.25, 0.3) is 5.69 Å². The van der Waals surface area contributed by atoms with Crippen molar-refractivity contribution in [3.63, 3.8) is 0 Å². The molecule has 2 atom stereocenters. The summed E-state index contributed by atoms with van der Waals surface area (Å²) in [5.41, 5.74) is 4.79. The Hall–Kier alpha value is -2.39. The molecular formula is C13H18N2O7. The molecule has 0 saturated carbocycles. The quantitative estimate of drug-likeness (QED) is 0.286. The molecule has 1 aromatic carbocycles. The summed E-state index contributed by atoms with van der Waals surface area (Å²) < 4.78 is 9.57. The van der Waals surface area contributed by atoms with Crippen molar-refractivity contribution in [2.24, 2.45) is 0 Å². The molecule has 0 aliphatic heterocycles. The highest BCUT2D eigenvalue weighted by atomic mass is 16.6. The number of nitro benzene ring substituents is 1. The highest BCUT2D eigenvalue weighted by Crippen LogP contribution is 2.36. The van der Waals surface area contributed by atoms with E-state index in [4.69, 9.17) is 10.5 Å². The third-order valence-electron chi connectivity index (χ3n) is 2.96. The zero-order chi connectivity index (χ0) is 16.9. The van der Waals surface area contributed by atoms with Crippen molar-refractivity contribution < 1.29 is 29.4 Å². The van der Waals surface area contributed by atoms with Crippen molar-refractivity contribution >= 4 is 17.3 Å². The molecule has 0 aliphatic rings. The van der Waals surface area contributed by atoms with Gasteiger partial charge in [-0.05, 0) is 13.0 Å². The second kappa shape index (κ2) is 7.57. The molecule has 0 saturated heterocycles. The van der Waals surface area contributed by atoms with Crippen molar-refractivity contribution in [3.8, 4) is 5.75 Å². The maximum atomic E-state index is 11.3. The lowest BCUT2D eigenvalue weighted by Crippen LogP contribution is -2.24. The minimum absolute atomic E-state index is 0.0946. The fraction of sp³-hybridized carbons (Fsp3) is 0.462. The Labute approximate surface area is 126 Å². The van der Waals surface area contributed by atoms with Gasteiger partial charge in [-0.3, -0.25) is 14.9 Å². The Kier molecular flexibility index (Phi) is 6.08. The van der Waals surface area contributed by atoms with Crippen LogP contribution in [0.5, 0.6) is 5.75 Å². The molecule has 1 rings (SSSR count). The zero-order valence-electron chi connectivity index (χ0n) is 12.2. The van der Waals surface area contributed by atoms with Gasteiger partial charge in [0.05, 0.1) is 37.2 Å². The first-order chi connectivity index (χ1) is 10.3. The number of methoxy groups -OCH3 is 1. The number of rotatable bonds is 7. The summed E-state index contributed by atoms with van der Waals surface area (Å²) in [7, 11) is 1.29. The van der Waals surface area contributed by atoms with E-state index in [0.29, 0.717) is 0 Å². The molecule has 22 heavy (non-hydrogen) atoms. The van der Waals surface area contributed by atoms with Crippen molar-refractivity contribution in [2.75, 3.05) is 19.5 Å². The fourth-order valence-electron chi connectivity index (χ4n) is 1.86. The van der Waals surface area contributed by atoms with Crippen LogP contribution in [0.3, 0.4) is 0 Å². The second-order valence-electron chi connectivity index (χ2n) is 4.43. The number of hydrogen-bond donors (Lipinski definition) is 3. The Balaban J connectivity index is 3.10. The molecule has 0 aliphatic carbocycles. The number of hydrogen-bond acceptors (Lipinski definition) is 8. The largest absolute Gasteiger partial charge is 0.496 e. The van der Waals surface area contributed by atoms with Gasteiger partial charge in [0, 0.05) is 5.56 Å². The lowest BCUT2D eigenvalue weighted by Gasteiger charge is -2.19. The number of aliphatic hydroxyl groups is 2. The number of nitrogen functional groups attached to an aromatic ring is 1. The van der Waals surface area contributed by atoms with E-state index >= 15 is 0 Å². The summed E-state index contributed by atoms with van der Waals surface area (Å²) in [5.74, 6) is -0.608. The summed E-state index contributed by atoms with van der Waals surface area (Å²) >= 11 is 0. The molecule has 0 spiro atoms. The van der Waals surface area contributed by atoms with Gasteiger partial charge in [0.1, 0.15) is 17.5 Å². The minimum Gasteiger partial charge on any atom is -0.496 e. The molecule has 0 amide bonds. The Bertz CT molecular complexity index is 562. The van der Waals surface area contributed by atoms with Crippen LogP contribution in [0.2, 0.25) is 0 Å². The number of nitro groups is 1. The maximum absolute atomic E-state index is 11.3. The molecule has 0 radical (unpaired) electrons. The van der Waals surface area contributed by atoms with Crippen LogP contribution in [0.25, 0.3) is 0 Å². The molecule has 0 fully saturated rings. The predicted octanol–water partition coefficient (Wildman–Crippen LogP) is 0.533. The maximum Gasteiger partial charge on any atom is 0.308 e. The monoisotopic (exact) mass is 314 g/mol. The number of ether oxygens (including phenoxy) is 2. The van der Waals surface area contributed by atoms with Crippen LogP contribution in [-0.4, -0.2) is 40.9 Å². The minimum atomic E-state index is -1.60. The number of anilines is 1. The summed E-state index contributed by atoms with van der Waals surface area (Å²) in [4.78, 5) is 21.5. The van der Waals surface area contributed by atoms with Crippen LogP contribution in [0, 0.1) is 10.1 Å². The van der Waals surface area contributed by atoms with E-state index in [2.05, 4.69) is 4.74 Å². The standard InChI is InChI=1S/C13H18N2O7/c1-3-22-11(17)6-10(16)13(18)8-4-7(21-2)5-9(12(8)14)15(19)20/h4-5,10,13,16,18H,3,6,14H2,1-2H3. The molecule has 0 aromatic heterocycles. The predicted molar refractivity (Wildman–Crippen MR) is 76.3 cm³/mol. The molecule has 9 nitrogen and oxygen atoms in total. The third kappa shape index (κ3) is 4.06. The third-order valence-corrected chi connectivity index (χ3v) is 2.96. The van der Waals surface area contributed by atoms with Crippen molar-refractivity contribution in [1.82, 2.24) is 0 Å². The van der Waals surface area contributed by atoms with Gasteiger partial charge in [-0.2, -0.15) is 0 Å². The number of esters is 1. The average molecular weight is 314 g/mol. The number of carbonyl (C=O) groups excluding carboxylic acids is 1. The summed E-state index contributed by atoms with van der Waals surface area (Å²) in [6.45, 7) is 1.73. The fourth-order valence-corrected chi connectivity index (χ4v) is 1.86. The smallest absolute Gasteiger partial charge is 0.308 e. The summed E-state index contributed by atoms with van der Waals surface area (Å²) in [6, 6.07) is 2.37. The molecule has 122 valence electrons. The van der Waals surface area contributed by atoms with Gasteiger partial charge in [-0.1, -0.05) is 0 Å². The molecule has 2 unspecified atom stereocenters. The van der Waals surface area contributed by atoms with Crippen molar-refractivity contribution in [3.05, 3.63) is 27.8 Å². The Morgan fingerprint density at radius 2 is 2.09 bits per heavy atom. The zero-order valence-corrected chi connectivity index (χ0v) is 12.2. The number of benzene rings is 1. The SMILES string of the molecule is CCOC(=O)CC(O)C(O)c1cc(OC)cc([N+](=O)[O-])c1N. The first-order valence-corrected chi connectivity index (χ1v) is 6.45. The molecular weight excluding hydrogens is 296 g/mol. The molecule has 9 heteroatoms. The van der Waals surface area contributed by atoms with Crippen molar-refractivity contribution in [2.45, 2.75) is 25.6 Å². The van der Waals surface area contributed by atoms with E-state index < -0.39 is 35.2 Å². The number of aliphatic hydroxyl groups excluding tert-OH is 2. The first kappa shape index (κ1) is 17.7. The average Bonchev–Trinajstić information content (AvgIpc) is 2.46. The van der Waals surface area contributed by atoms with Crippen LogP contribution in [0.1, 0.15) is 25.0 Å². The normalized spacial score (nSPS) is 13.3. The van der Waals surface area contributed by atoms with Gasteiger partial charge in [0.2, 0.25) is 0 Å². The van der Waals surface area contributed by atoms with Gasteiger partial charge in [0.15, 0.2) is 0 Å². The van der Waals surface area contributed by atoms with Crippen LogP contribution < -0.4 is 10.5 Å². The highest BCUT2D eigenvalue weighted by molar-refractivity contribution is 5.71. The molecule has 0 heterocycles. The van der Waals surface area contributed by atoms with E-state index in [1.54, 1.807) is 6.92 Å². The van der Waals surface area contributed by atoms with Crippen molar-refractivity contribution in [1.29, 1.82) is 0 Å². The highest BCUT2D eigenvalue weighted by Gasteiger charge is 2.28. The van der Waals surface area contributed by atoms with Crippen LogP contribution in [0.15, 0.2) is 12.1 Å². The van der Waals surface area contributed by atoms with Crippen LogP contribution >= 0.6 is 0 Å². The van der Waals surface area contributed by atoms with Gasteiger partial charge >= 0.3 is 5.97 Å². The summed E-state index contributed by atoms with van der Waals surface area (Å²) in [6.07, 6.45) is -3.59. The molecule has 0 bridgehead atoms. The number of nitrogens with two attached hydrogens (primary N) is 1. The first-order valence-electron chi connectivity index (χ1n) is 6.45. The van der Waals surface area contributed by atoms with E-state index in [1.807, 2.05) is 0 Å². The van der Waals surface area contributed by atoms with Crippen LogP contribution in [-0.2, 0) is 9.53 Å². The van der Waals surface area contributed by atoms with Gasteiger partial charge in [-0.15, -0.1) is 0 Å². The number of nitrogens with zero attached hydrogens (tertiary/aromatic N) is 1. The lowest BCUT2D eigenvalue weighted by atomic mass is 9.99. The van der Waals surface area contributed by atoms with Gasteiger partial charge in [-0.25, -0.2) is 0 Å². The van der Waals surface area contributed by atoms with E-state index in [0.717, 1.165) is 6.07 Å². The van der Waals surface area contributed by atoms with E-state index in [1.165, 1.54) is 13.2 Å². The Morgan fingerprint density at radius 1 is 1.45 bits per heavy atom. The van der Waals surface area contributed by atoms with E-state index in [-0.39, 0.29) is 23.6 Å². The van der Waals surface area contributed by atoms with Gasteiger partial charge < -0.3 is 25.4 Å². The number of carbonyl (C=O) groups is 1. The Morgan fingerprint density at radius 3 is 2.59 bits per heavy atom. The molecule has 1 aromatic rings.